The molecule has 0 bridgehead atoms. The molecular weight excluding hydrogens is 255 g/mol. The molecule has 0 aliphatic carbocycles. The molecule has 0 amide bonds. The minimum Gasteiger partial charge on any atom is -0.478 e. The van der Waals surface area contributed by atoms with Gasteiger partial charge in [-0.3, -0.25) is 4.98 Å². The Balaban J connectivity index is 2.40. The van der Waals surface area contributed by atoms with Gasteiger partial charge in [-0.15, -0.1) is 0 Å². The average molecular weight is 259 g/mol. The van der Waals surface area contributed by atoms with E-state index in [0.29, 0.717) is 0 Å². The van der Waals surface area contributed by atoms with Crippen LogP contribution in [0.25, 0.3) is 11.5 Å². The Bertz CT molecular complexity index is 594. The number of hydrogen-bond acceptors (Lipinski definition) is 5. The highest BCUT2D eigenvalue weighted by Crippen LogP contribution is 2.28. The number of carboxylic acids is 1. The van der Waals surface area contributed by atoms with Crippen LogP contribution in [-0.2, 0) is 6.18 Å². The van der Waals surface area contributed by atoms with Crippen LogP contribution in [0, 0.1) is 0 Å². The molecule has 0 fully saturated rings. The molecule has 0 atom stereocenters. The molecule has 6 nitrogen and oxygen atoms in total. The van der Waals surface area contributed by atoms with E-state index in [4.69, 9.17) is 5.11 Å². The summed E-state index contributed by atoms with van der Waals surface area (Å²) in [4.78, 5) is 17.4. The highest BCUT2D eigenvalue weighted by atomic mass is 19.4. The van der Waals surface area contributed by atoms with Crippen LogP contribution in [0.4, 0.5) is 13.2 Å². The van der Waals surface area contributed by atoms with E-state index in [-0.39, 0.29) is 11.3 Å². The van der Waals surface area contributed by atoms with Gasteiger partial charge in [-0.25, -0.2) is 4.79 Å². The van der Waals surface area contributed by atoms with Crippen LogP contribution in [0.1, 0.15) is 16.2 Å². The molecule has 2 aromatic rings. The van der Waals surface area contributed by atoms with Gasteiger partial charge < -0.3 is 9.63 Å². The van der Waals surface area contributed by atoms with E-state index in [1.807, 2.05) is 0 Å². The predicted molar refractivity (Wildman–Crippen MR) is 49.5 cm³/mol. The molecule has 9 heteroatoms. The lowest BCUT2D eigenvalue weighted by Gasteiger charge is -1.97. The van der Waals surface area contributed by atoms with Gasteiger partial charge in [0.2, 0.25) is 5.82 Å². The lowest BCUT2D eigenvalue weighted by molar-refractivity contribution is -0.159. The third-order valence-electron chi connectivity index (χ3n) is 1.90. The largest absolute Gasteiger partial charge is 0.478 e. The Morgan fingerprint density at radius 1 is 1.39 bits per heavy atom. The van der Waals surface area contributed by atoms with Crippen molar-refractivity contribution in [3.8, 4) is 11.5 Å². The summed E-state index contributed by atoms with van der Waals surface area (Å²) in [7, 11) is 0. The molecule has 0 saturated carbocycles. The van der Waals surface area contributed by atoms with Crippen molar-refractivity contribution in [3.05, 3.63) is 29.8 Å². The Labute approximate surface area is 97.1 Å². The Morgan fingerprint density at radius 3 is 2.67 bits per heavy atom. The third-order valence-corrected chi connectivity index (χ3v) is 1.90. The molecule has 0 spiro atoms. The maximum atomic E-state index is 12.2. The summed E-state index contributed by atoms with van der Waals surface area (Å²) in [5, 5.41) is 11.8. The standard InChI is InChI=1S/C9H4F3N3O3/c10-9(11,12)8-14-6(15-18-8)5-3-4(7(16)17)1-2-13-5/h1-3H,(H,16,17). The smallest absolute Gasteiger partial charge is 0.471 e. The van der Waals surface area contributed by atoms with Crippen molar-refractivity contribution in [3.63, 3.8) is 0 Å². The predicted octanol–water partition coefficient (Wildman–Crippen LogP) is 1.85. The molecule has 0 aromatic carbocycles. The highest BCUT2D eigenvalue weighted by molar-refractivity contribution is 5.88. The molecule has 2 rings (SSSR count). The van der Waals surface area contributed by atoms with Gasteiger partial charge in [0.15, 0.2) is 0 Å². The van der Waals surface area contributed by atoms with Crippen LogP contribution in [-0.4, -0.2) is 26.2 Å². The second kappa shape index (κ2) is 4.09. The SMILES string of the molecule is O=C(O)c1ccnc(-c2noc(C(F)(F)F)n2)c1. The Morgan fingerprint density at radius 2 is 2.11 bits per heavy atom. The van der Waals surface area contributed by atoms with E-state index >= 15 is 0 Å². The first-order chi connectivity index (χ1) is 8.38. The second-order valence-electron chi connectivity index (χ2n) is 3.16. The van der Waals surface area contributed by atoms with Crippen molar-refractivity contribution < 1.29 is 27.6 Å². The molecule has 94 valence electrons. The van der Waals surface area contributed by atoms with Gasteiger partial charge in [0.05, 0.1) is 5.56 Å². The molecule has 0 unspecified atom stereocenters. The molecule has 0 saturated heterocycles. The number of halogens is 3. The van der Waals surface area contributed by atoms with Gasteiger partial charge in [-0.2, -0.15) is 18.2 Å². The highest BCUT2D eigenvalue weighted by Gasteiger charge is 2.38. The number of nitrogens with zero attached hydrogens (tertiary/aromatic N) is 3. The normalized spacial score (nSPS) is 11.5. The number of pyridine rings is 1. The quantitative estimate of drug-likeness (QED) is 0.885. The molecule has 2 aromatic heterocycles. The third kappa shape index (κ3) is 2.29. The van der Waals surface area contributed by atoms with Crippen molar-refractivity contribution in [2.75, 3.05) is 0 Å². The molecule has 0 radical (unpaired) electrons. The fourth-order valence-corrected chi connectivity index (χ4v) is 1.13. The zero-order chi connectivity index (χ0) is 13.3. The molecule has 0 aliphatic rings. The maximum absolute atomic E-state index is 12.2. The van der Waals surface area contributed by atoms with Gasteiger partial charge >= 0.3 is 18.0 Å². The fraction of sp³-hybridized carbons (Fsp3) is 0.111. The number of carboxylic acid groups (broad SMARTS) is 1. The second-order valence-corrected chi connectivity index (χ2v) is 3.16. The first-order valence-electron chi connectivity index (χ1n) is 4.48. The number of alkyl halides is 3. The minimum absolute atomic E-state index is 0.117. The van der Waals surface area contributed by atoms with Crippen LogP contribution in [0.15, 0.2) is 22.9 Å². The van der Waals surface area contributed by atoms with Gasteiger partial charge in [0.25, 0.3) is 0 Å². The van der Waals surface area contributed by atoms with Crippen LogP contribution < -0.4 is 0 Å². The van der Waals surface area contributed by atoms with Crippen LogP contribution >= 0.6 is 0 Å². The summed E-state index contributed by atoms with van der Waals surface area (Å²) in [5.74, 6) is -3.18. The van der Waals surface area contributed by atoms with Gasteiger partial charge in [-0.05, 0) is 12.1 Å². The van der Waals surface area contributed by atoms with Crippen LogP contribution in [0.2, 0.25) is 0 Å². The zero-order valence-corrected chi connectivity index (χ0v) is 8.47. The lowest BCUT2D eigenvalue weighted by Crippen LogP contribution is -2.05. The van der Waals surface area contributed by atoms with Crippen molar-refractivity contribution in [1.82, 2.24) is 15.1 Å². The summed E-state index contributed by atoms with van der Waals surface area (Å²) < 4.78 is 40.7. The molecule has 1 N–H and O–H groups in total. The molecule has 2 heterocycles. The van der Waals surface area contributed by atoms with Crippen molar-refractivity contribution in [1.29, 1.82) is 0 Å². The number of aromatic nitrogens is 3. The molecule has 18 heavy (non-hydrogen) atoms. The van der Waals surface area contributed by atoms with Crippen LogP contribution in [0.3, 0.4) is 0 Å². The van der Waals surface area contributed by atoms with Gasteiger partial charge in [0, 0.05) is 6.20 Å². The lowest BCUT2D eigenvalue weighted by atomic mass is 10.2. The zero-order valence-electron chi connectivity index (χ0n) is 8.47. The monoisotopic (exact) mass is 259 g/mol. The van der Waals surface area contributed by atoms with E-state index in [2.05, 4.69) is 19.6 Å². The van der Waals surface area contributed by atoms with Crippen LogP contribution in [0.5, 0.6) is 0 Å². The Kier molecular flexibility index (Phi) is 2.73. The maximum Gasteiger partial charge on any atom is 0.471 e. The summed E-state index contributed by atoms with van der Waals surface area (Å²) in [6.07, 6.45) is -3.63. The summed E-state index contributed by atoms with van der Waals surface area (Å²) in [5.41, 5.74) is -0.257. The number of hydrogen-bond donors (Lipinski definition) is 1. The average Bonchev–Trinajstić information content (AvgIpc) is 2.78. The van der Waals surface area contributed by atoms with Gasteiger partial charge in [-0.1, -0.05) is 5.16 Å². The summed E-state index contributed by atoms with van der Waals surface area (Å²) in [6.45, 7) is 0. The van der Waals surface area contributed by atoms with Gasteiger partial charge in [0.1, 0.15) is 5.69 Å². The van der Waals surface area contributed by atoms with E-state index in [1.165, 1.54) is 6.07 Å². The number of carbonyl (C=O) groups is 1. The van der Waals surface area contributed by atoms with E-state index < -0.39 is 23.9 Å². The van der Waals surface area contributed by atoms with E-state index in [1.54, 1.807) is 0 Å². The number of rotatable bonds is 2. The van der Waals surface area contributed by atoms with Crippen molar-refractivity contribution in [2.24, 2.45) is 0 Å². The molecule has 0 aliphatic heterocycles. The summed E-state index contributed by atoms with van der Waals surface area (Å²) in [6, 6.07) is 2.24. The number of aromatic carboxylic acids is 1. The first kappa shape index (κ1) is 12.0. The van der Waals surface area contributed by atoms with E-state index in [9.17, 15) is 18.0 Å². The summed E-state index contributed by atoms with van der Waals surface area (Å²) >= 11 is 0. The van der Waals surface area contributed by atoms with Crippen molar-refractivity contribution >= 4 is 5.97 Å². The fourth-order valence-electron chi connectivity index (χ4n) is 1.13. The first-order valence-corrected chi connectivity index (χ1v) is 4.48. The Hall–Kier alpha value is -2.45. The van der Waals surface area contributed by atoms with E-state index in [0.717, 1.165) is 12.3 Å². The minimum atomic E-state index is -4.75. The van der Waals surface area contributed by atoms with Crippen molar-refractivity contribution in [2.45, 2.75) is 6.18 Å². The molecular formula is C9H4F3N3O3. The topological polar surface area (TPSA) is 89.1 Å².